The van der Waals surface area contributed by atoms with Gasteiger partial charge in [0.25, 0.3) is 11.5 Å². The summed E-state index contributed by atoms with van der Waals surface area (Å²) in [6.45, 7) is 1.83. The van der Waals surface area contributed by atoms with Gasteiger partial charge in [-0.05, 0) is 61.0 Å². The number of fused-ring (bicyclic) bond motifs is 2. The molecule has 0 saturated heterocycles. The minimum atomic E-state index is -0.322. The highest BCUT2D eigenvalue weighted by atomic mass is 16.5. The molecule has 6 rings (SSSR count). The number of hydrogen-bond donors (Lipinski definition) is 1. The van der Waals surface area contributed by atoms with Crippen molar-refractivity contribution in [3.8, 4) is 17.3 Å². The van der Waals surface area contributed by atoms with Gasteiger partial charge in [-0.1, -0.05) is 60.2 Å². The number of furan rings is 1. The zero-order valence-electron chi connectivity index (χ0n) is 21.6. The van der Waals surface area contributed by atoms with Gasteiger partial charge in [-0.25, -0.2) is 4.98 Å². The summed E-state index contributed by atoms with van der Waals surface area (Å²) < 4.78 is 13.0. The monoisotopic (exact) mass is 528 g/mol. The summed E-state index contributed by atoms with van der Waals surface area (Å²) in [7, 11) is 0. The number of nitrogens with one attached hydrogen (secondary N) is 1. The second-order valence-electron chi connectivity index (χ2n) is 9.24. The summed E-state index contributed by atoms with van der Waals surface area (Å²) in [5, 5.41) is 8.64. The van der Waals surface area contributed by atoms with Crippen molar-refractivity contribution >= 4 is 39.7 Å². The van der Waals surface area contributed by atoms with Crippen molar-refractivity contribution in [1.82, 2.24) is 9.66 Å². The number of hydrogen-bond acceptors (Lipinski definition) is 6. The minimum absolute atomic E-state index is 0.154. The summed E-state index contributed by atoms with van der Waals surface area (Å²) >= 11 is 0. The third kappa shape index (κ3) is 5.23. The molecule has 0 radical (unpaired) electrons. The molecule has 0 spiro atoms. The van der Waals surface area contributed by atoms with Crippen LogP contribution in [0.4, 0.5) is 5.69 Å². The summed E-state index contributed by atoms with van der Waals surface area (Å²) in [5.41, 5.74) is 3.40. The van der Waals surface area contributed by atoms with E-state index < -0.39 is 0 Å². The van der Waals surface area contributed by atoms with Crippen molar-refractivity contribution in [1.29, 1.82) is 0 Å². The van der Waals surface area contributed by atoms with E-state index in [2.05, 4.69) is 10.4 Å². The van der Waals surface area contributed by atoms with Crippen molar-refractivity contribution in [3.63, 3.8) is 0 Å². The van der Waals surface area contributed by atoms with E-state index in [4.69, 9.17) is 14.1 Å². The number of aryl methyl sites for hydroxylation is 1. The summed E-state index contributed by atoms with van der Waals surface area (Å²) in [6, 6.07) is 31.2. The van der Waals surface area contributed by atoms with Gasteiger partial charge in [0.05, 0.1) is 17.1 Å². The molecular formula is C32H24N4O4. The molecule has 196 valence electrons. The van der Waals surface area contributed by atoms with Gasteiger partial charge in [0.2, 0.25) is 5.82 Å². The van der Waals surface area contributed by atoms with Crippen molar-refractivity contribution in [2.24, 2.45) is 5.10 Å². The number of carbonyl (C=O) groups is 1. The lowest BCUT2D eigenvalue weighted by atomic mass is 10.2. The highest BCUT2D eigenvalue weighted by molar-refractivity contribution is 5.92. The first-order chi connectivity index (χ1) is 19.5. The van der Waals surface area contributed by atoms with Crippen LogP contribution >= 0.6 is 0 Å². The Balaban J connectivity index is 1.27. The topological polar surface area (TPSA) is 98.7 Å². The molecular weight excluding hydrogens is 504 g/mol. The van der Waals surface area contributed by atoms with Crippen LogP contribution in [0.15, 0.2) is 117 Å². The largest absolute Gasteiger partial charge is 0.484 e. The molecule has 0 aliphatic rings. The normalized spacial score (nSPS) is 11.3. The summed E-state index contributed by atoms with van der Waals surface area (Å²) in [5.74, 6) is 0.936. The van der Waals surface area contributed by atoms with E-state index in [1.165, 1.54) is 4.68 Å². The number of ether oxygens (including phenoxy) is 1. The SMILES string of the molecule is Cc1ccc(NC(=O)COc2cccc(C=Nn3c(-c4cc5ccccc5o4)nc4ccccc4c3=O)c2)cc1. The molecule has 8 nitrogen and oxygen atoms in total. The average Bonchev–Trinajstić information content (AvgIpc) is 3.41. The van der Waals surface area contributed by atoms with Crippen LogP contribution in [0.2, 0.25) is 0 Å². The molecule has 6 aromatic rings. The molecule has 2 heterocycles. The lowest BCUT2D eigenvalue weighted by Gasteiger charge is -2.09. The van der Waals surface area contributed by atoms with Crippen LogP contribution in [-0.2, 0) is 4.79 Å². The predicted octanol–water partition coefficient (Wildman–Crippen LogP) is 6.02. The van der Waals surface area contributed by atoms with Crippen LogP contribution < -0.4 is 15.6 Å². The molecule has 0 atom stereocenters. The zero-order valence-corrected chi connectivity index (χ0v) is 21.6. The minimum Gasteiger partial charge on any atom is -0.484 e. The first-order valence-electron chi connectivity index (χ1n) is 12.7. The lowest BCUT2D eigenvalue weighted by Crippen LogP contribution is -2.20. The van der Waals surface area contributed by atoms with E-state index in [1.807, 2.05) is 73.7 Å². The number of rotatable bonds is 7. The van der Waals surface area contributed by atoms with Crippen LogP contribution in [0.3, 0.4) is 0 Å². The molecule has 0 saturated carbocycles. The zero-order chi connectivity index (χ0) is 27.5. The number of para-hydroxylation sites is 2. The molecule has 0 fully saturated rings. The summed E-state index contributed by atoms with van der Waals surface area (Å²) in [6.07, 6.45) is 1.54. The Bertz CT molecular complexity index is 1900. The van der Waals surface area contributed by atoms with Crippen LogP contribution in [0.1, 0.15) is 11.1 Å². The van der Waals surface area contributed by atoms with Gasteiger partial charge in [0.15, 0.2) is 12.4 Å². The van der Waals surface area contributed by atoms with Gasteiger partial charge in [-0.3, -0.25) is 9.59 Å². The molecule has 0 unspecified atom stereocenters. The van der Waals surface area contributed by atoms with Gasteiger partial charge >= 0.3 is 0 Å². The molecule has 1 N–H and O–H groups in total. The summed E-state index contributed by atoms with van der Waals surface area (Å²) in [4.78, 5) is 30.5. The molecule has 0 aliphatic carbocycles. The van der Waals surface area contributed by atoms with Gasteiger partial charge in [-0.15, -0.1) is 0 Å². The second-order valence-corrected chi connectivity index (χ2v) is 9.24. The number of amides is 1. The predicted molar refractivity (Wildman–Crippen MR) is 156 cm³/mol. The fourth-order valence-electron chi connectivity index (χ4n) is 4.27. The Kier molecular flexibility index (Phi) is 6.64. The highest BCUT2D eigenvalue weighted by Crippen LogP contribution is 2.27. The van der Waals surface area contributed by atoms with E-state index in [0.29, 0.717) is 39.2 Å². The van der Waals surface area contributed by atoms with Crippen molar-refractivity contribution in [3.05, 3.63) is 125 Å². The average molecular weight is 529 g/mol. The van der Waals surface area contributed by atoms with Gasteiger partial charge in [0.1, 0.15) is 11.3 Å². The van der Waals surface area contributed by atoms with Crippen LogP contribution in [-0.4, -0.2) is 28.4 Å². The number of benzene rings is 4. The molecule has 1 amide bonds. The first-order valence-corrected chi connectivity index (χ1v) is 12.7. The van der Waals surface area contributed by atoms with Crippen LogP contribution in [0.25, 0.3) is 33.5 Å². The van der Waals surface area contributed by atoms with E-state index >= 15 is 0 Å². The van der Waals surface area contributed by atoms with Crippen molar-refractivity contribution in [2.75, 3.05) is 11.9 Å². The lowest BCUT2D eigenvalue weighted by molar-refractivity contribution is -0.118. The smallest absolute Gasteiger partial charge is 0.282 e. The molecule has 8 heteroatoms. The fraction of sp³-hybridized carbons (Fsp3) is 0.0625. The number of nitrogens with zero attached hydrogens (tertiary/aromatic N) is 3. The Hall–Kier alpha value is -5.50. The van der Waals surface area contributed by atoms with Crippen LogP contribution in [0.5, 0.6) is 5.75 Å². The molecule has 2 aromatic heterocycles. The standard InChI is InChI=1S/C32H24N4O4/c1-21-13-15-24(16-14-21)34-30(37)20-39-25-9-6-7-22(17-25)19-33-36-31(29-18-23-8-2-5-12-28(23)40-29)35-27-11-4-3-10-26(27)32(36)38/h2-19H,20H2,1H3,(H,34,37). The Morgan fingerprint density at radius 2 is 1.77 bits per heavy atom. The number of carbonyl (C=O) groups excluding carboxylic acids is 1. The van der Waals surface area contributed by atoms with E-state index in [1.54, 1.807) is 42.6 Å². The Morgan fingerprint density at radius 1 is 0.975 bits per heavy atom. The maximum atomic E-state index is 13.5. The van der Waals surface area contributed by atoms with Gasteiger partial charge in [0, 0.05) is 11.1 Å². The fourth-order valence-corrected chi connectivity index (χ4v) is 4.27. The molecule has 40 heavy (non-hydrogen) atoms. The van der Waals surface area contributed by atoms with E-state index in [9.17, 15) is 9.59 Å². The highest BCUT2D eigenvalue weighted by Gasteiger charge is 2.16. The van der Waals surface area contributed by atoms with E-state index in [0.717, 1.165) is 10.9 Å². The van der Waals surface area contributed by atoms with Gasteiger partial charge < -0.3 is 14.5 Å². The molecule has 0 aliphatic heterocycles. The van der Waals surface area contributed by atoms with Gasteiger partial charge in [-0.2, -0.15) is 9.78 Å². The first kappa shape index (κ1) is 24.8. The van der Waals surface area contributed by atoms with Crippen molar-refractivity contribution < 1.29 is 13.9 Å². The van der Waals surface area contributed by atoms with E-state index in [-0.39, 0.29) is 23.9 Å². The maximum Gasteiger partial charge on any atom is 0.282 e. The Labute approximate surface area is 229 Å². The van der Waals surface area contributed by atoms with Crippen molar-refractivity contribution in [2.45, 2.75) is 6.92 Å². The number of anilines is 1. The number of aromatic nitrogens is 2. The third-order valence-corrected chi connectivity index (χ3v) is 6.29. The van der Waals surface area contributed by atoms with Crippen LogP contribution in [0, 0.1) is 6.92 Å². The maximum absolute atomic E-state index is 13.5. The Morgan fingerprint density at radius 3 is 2.62 bits per heavy atom. The molecule has 4 aromatic carbocycles. The second kappa shape index (κ2) is 10.7. The molecule has 0 bridgehead atoms. The third-order valence-electron chi connectivity index (χ3n) is 6.29. The quantitative estimate of drug-likeness (QED) is 0.256.